The molecule has 1 heteroatoms. The minimum absolute atomic E-state index is 0.000513. The second kappa shape index (κ2) is 7.38. The fourth-order valence-electron chi connectivity index (χ4n) is 5.24. The summed E-state index contributed by atoms with van der Waals surface area (Å²) in [7, 11) is 0. The lowest BCUT2D eigenvalue weighted by molar-refractivity contribution is 0.635. The Morgan fingerprint density at radius 1 is 0.750 bits per heavy atom. The summed E-state index contributed by atoms with van der Waals surface area (Å²) < 4.78 is 0. The number of hydrogen-bond acceptors (Lipinski definition) is 1. The van der Waals surface area contributed by atoms with Gasteiger partial charge in [-0.2, -0.15) is 0 Å². The summed E-state index contributed by atoms with van der Waals surface area (Å²) in [6.45, 7) is 13.6. The average Bonchev–Trinajstić information content (AvgIpc) is 3.02. The third-order valence-corrected chi connectivity index (χ3v) is 7.33. The average molecular weight is 418 g/mol. The lowest BCUT2D eigenvalue weighted by Gasteiger charge is -2.28. The van der Waals surface area contributed by atoms with Gasteiger partial charge in [0.2, 0.25) is 0 Å². The van der Waals surface area contributed by atoms with Crippen LogP contribution in [0, 0.1) is 0 Å². The Hall–Kier alpha value is -3.32. The minimum atomic E-state index is -0.128. The van der Waals surface area contributed by atoms with Crippen LogP contribution in [-0.4, -0.2) is 0 Å². The number of hydrogen-bond donors (Lipinski definition) is 1. The molecule has 3 aromatic rings. The summed E-state index contributed by atoms with van der Waals surface area (Å²) in [6.07, 6.45) is 7.56. The first-order chi connectivity index (χ1) is 15.3. The van der Waals surface area contributed by atoms with Crippen molar-refractivity contribution in [2.45, 2.75) is 44.9 Å². The Balaban J connectivity index is 1.50. The lowest BCUT2D eigenvalue weighted by atomic mass is 9.76. The maximum atomic E-state index is 4.46. The van der Waals surface area contributed by atoms with Crippen LogP contribution < -0.4 is 5.32 Å². The van der Waals surface area contributed by atoms with Gasteiger partial charge in [-0.25, -0.2) is 0 Å². The predicted molar refractivity (Wildman–Crippen MR) is 137 cm³/mol. The van der Waals surface area contributed by atoms with Gasteiger partial charge in [-0.3, -0.25) is 0 Å². The van der Waals surface area contributed by atoms with Crippen LogP contribution in [0.5, 0.6) is 0 Å². The summed E-state index contributed by atoms with van der Waals surface area (Å²) in [4.78, 5) is 0. The fraction of sp³-hybridized carbons (Fsp3) is 0.226. The van der Waals surface area contributed by atoms with Crippen LogP contribution in [0.1, 0.15) is 49.9 Å². The van der Waals surface area contributed by atoms with E-state index in [1.807, 2.05) is 0 Å². The van der Waals surface area contributed by atoms with Crippen LogP contribution >= 0.6 is 0 Å². The van der Waals surface area contributed by atoms with Gasteiger partial charge in [-0.1, -0.05) is 94.9 Å². The first-order valence-corrected chi connectivity index (χ1v) is 11.5. The predicted octanol–water partition coefficient (Wildman–Crippen LogP) is 7.94. The van der Waals surface area contributed by atoms with Crippen molar-refractivity contribution in [3.63, 3.8) is 0 Å². The van der Waals surface area contributed by atoms with Crippen molar-refractivity contribution in [1.29, 1.82) is 0 Å². The van der Waals surface area contributed by atoms with Gasteiger partial charge < -0.3 is 5.32 Å². The molecule has 1 nitrogen and oxygen atoms in total. The van der Waals surface area contributed by atoms with Gasteiger partial charge in [0.15, 0.2) is 0 Å². The van der Waals surface area contributed by atoms with Crippen molar-refractivity contribution >= 4 is 5.69 Å². The van der Waals surface area contributed by atoms with Gasteiger partial charge in [-0.15, -0.1) is 0 Å². The smallest absolute Gasteiger partial charge is 0.0387 e. The molecule has 2 aliphatic rings. The Morgan fingerprint density at radius 3 is 2.25 bits per heavy atom. The van der Waals surface area contributed by atoms with Crippen molar-refractivity contribution in [2.75, 3.05) is 5.32 Å². The third-order valence-electron chi connectivity index (χ3n) is 7.33. The van der Waals surface area contributed by atoms with Gasteiger partial charge in [0.25, 0.3) is 0 Å². The molecule has 160 valence electrons. The molecular weight excluding hydrogens is 386 g/mol. The van der Waals surface area contributed by atoms with Gasteiger partial charge in [0, 0.05) is 22.2 Å². The lowest BCUT2D eigenvalue weighted by Crippen LogP contribution is -2.21. The van der Waals surface area contributed by atoms with E-state index in [-0.39, 0.29) is 10.8 Å². The highest BCUT2D eigenvalue weighted by Crippen LogP contribution is 2.49. The Bertz CT molecular complexity index is 1280. The summed E-state index contributed by atoms with van der Waals surface area (Å²) in [6, 6.07) is 24.3. The van der Waals surface area contributed by atoms with Gasteiger partial charge in [-0.05, 0) is 69.7 Å². The van der Waals surface area contributed by atoms with E-state index in [1.165, 1.54) is 33.4 Å². The summed E-state index contributed by atoms with van der Waals surface area (Å²) in [5.74, 6) is 0. The number of fused-ring (bicyclic) bond motifs is 4. The normalized spacial score (nSPS) is 20.5. The van der Waals surface area contributed by atoms with Gasteiger partial charge >= 0.3 is 0 Å². The van der Waals surface area contributed by atoms with Crippen LogP contribution in [0.25, 0.3) is 11.1 Å². The molecule has 32 heavy (non-hydrogen) atoms. The van der Waals surface area contributed by atoms with E-state index in [9.17, 15) is 0 Å². The summed E-state index contributed by atoms with van der Waals surface area (Å²) in [5.41, 5.74) is 11.4. The van der Waals surface area contributed by atoms with Crippen molar-refractivity contribution in [2.24, 2.45) is 0 Å². The van der Waals surface area contributed by atoms with E-state index in [0.29, 0.717) is 0 Å². The quantitative estimate of drug-likeness (QED) is 0.446. The molecular formula is C31H31N. The van der Waals surface area contributed by atoms with E-state index in [2.05, 4.69) is 125 Å². The summed E-state index contributed by atoms with van der Waals surface area (Å²) in [5, 5.41) is 3.68. The van der Waals surface area contributed by atoms with Crippen molar-refractivity contribution in [1.82, 2.24) is 0 Å². The maximum absolute atomic E-state index is 4.46. The third kappa shape index (κ3) is 3.24. The highest BCUT2D eigenvalue weighted by molar-refractivity contribution is 5.82. The number of benzene rings is 3. The zero-order valence-corrected chi connectivity index (χ0v) is 19.5. The molecule has 3 aromatic carbocycles. The van der Waals surface area contributed by atoms with E-state index in [4.69, 9.17) is 0 Å². The second-order valence-corrected chi connectivity index (χ2v) is 10.1. The maximum Gasteiger partial charge on any atom is 0.0387 e. The number of nitrogens with one attached hydrogen (secondary N) is 1. The molecule has 0 saturated carbocycles. The topological polar surface area (TPSA) is 12.0 Å². The molecule has 0 amide bonds. The first kappa shape index (κ1) is 20.6. The van der Waals surface area contributed by atoms with Crippen LogP contribution in [0.15, 0.2) is 103 Å². The minimum Gasteiger partial charge on any atom is -0.356 e. The Labute approximate surface area is 192 Å². The fourth-order valence-corrected chi connectivity index (χ4v) is 5.24. The van der Waals surface area contributed by atoms with Crippen molar-refractivity contribution in [3.8, 4) is 11.1 Å². The molecule has 0 unspecified atom stereocenters. The van der Waals surface area contributed by atoms with Crippen LogP contribution in [0.2, 0.25) is 0 Å². The molecule has 0 atom stereocenters. The molecule has 1 N–H and O–H groups in total. The summed E-state index contributed by atoms with van der Waals surface area (Å²) >= 11 is 0. The van der Waals surface area contributed by atoms with Crippen molar-refractivity contribution in [3.05, 3.63) is 125 Å². The van der Waals surface area contributed by atoms with E-state index in [1.54, 1.807) is 0 Å². The Kier molecular flexibility index (Phi) is 4.74. The molecule has 0 fully saturated rings. The molecule has 0 aromatic heterocycles. The molecule has 0 saturated heterocycles. The highest BCUT2D eigenvalue weighted by atomic mass is 14.9. The molecule has 2 aliphatic carbocycles. The zero-order valence-electron chi connectivity index (χ0n) is 19.5. The highest BCUT2D eigenvalue weighted by Gasteiger charge is 2.35. The van der Waals surface area contributed by atoms with E-state index in [0.717, 1.165) is 23.4 Å². The SMILES string of the molecule is C=C1/C=C(Nc2ccc3c(c2)C(C)(C)c2ccccc2-3)\C=C/Cc2ccccc2C1(C)C. The van der Waals surface area contributed by atoms with Gasteiger partial charge in [0.1, 0.15) is 0 Å². The molecule has 0 bridgehead atoms. The molecule has 0 spiro atoms. The van der Waals surface area contributed by atoms with Gasteiger partial charge in [0.05, 0.1) is 0 Å². The van der Waals surface area contributed by atoms with Crippen LogP contribution in [0.3, 0.4) is 0 Å². The van der Waals surface area contributed by atoms with Crippen LogP contribution in [-0.2, 0) is 17.3 Å². The van der Waals surface area contributed by atoms with Crippen molar-refractivity contribution < 1.29 is 0 Å². The first-order valence-electron chi connectivity index (χ1n) is 11.5. The molecule has 0 heterocycles. The largest absolute Gasteiger partial charge is 0.356 e. The Morgan fingerprint density at radius 2 is 1.44 bits per heavy atom. The second-order valence-electron chi connectivity index (χ2n) is 10.1. The molecule has 5 rings (SSSR count). The number of allylic oxidation sites excluding steroid dienone is 4. The van der Waals surface area contributed by atoms with Crippen LogP contribution in [0.4, 0.5) is 5.69 Å². The van der Waals surface area contributed by atoms with E-state index >= 15 is 0 Å². The zero-order chi connectivity index (χ0) is 22.5. The molecule has 0 aliphatic heterocycles. The van der Waals surface area contributed by atoms with E-state index < -0.39 is 0 Å². The number of anilines is 1. The monoisotopic (exact) mass is 417 g/mol. The molecule has 0 radical (unpaired) electrons. The standard InChI is InChI=1S/C31H31N/c1-21-19-23(13-10-12-22-11-6-8-15-27(22)30(21,2)3)32-24-17-18-26-25-14-7-9-16-28(25)31(4,5)29(26)20-24/h6-11,13-20,32H,1,12H2,2-5H3/b13-10-,23-19+. The number of rotatable bonds is 2.